The maximum absolute atomic E-state index is 13.1. The summed E-state index contributed by atoms with van der Waals surface area (Å²) in [6.07, 6.45) is 1.07. The summed E-state index contributed by atoms with van der Waals surface area (Å²) in [6.45, 7) is 7.13. The number of carboxylic acid groups (broad SMARTS) is 1. The maximum Gasteiger partial charge on any atom is 0.326 e. The van der Waals surface area contributed by atoms with E-state index in [0.717, 1.165) is 5.56 Å². The van der Waals surface area contributed by atoms with Crippen LogP contribution in [0.2, 0.25) is 0 Å². The van der Waals surface area contributed by atoms with Crippen molar-refractivity contribution in [3.63, 3.8) is 0 Å². The zero-order valence-corrected chi connectivity index (χ0v) is 19.3. The minimum absolute atomic E-state index is 0.0646. The van der Waals surface area contributed by atoms with E-state index in [1.165, 1.54) is 0 Å². The van der Waals surface area contributed by atoms with Gasteiger partial charge in [0.25, 0.3) is 0 Å². The first-order chi connectivity index (χ1) is 15.1. The molecule has 4 atom stereocenters. The molecule has 1 rings (SSSR count). The molecule has 6 N–H and O–H groups in total. The number of hydrogen-bond acceptors (Lipinski definition) is 5. The Morgan fingerprint density at radius 1 is 0.938 bits per heavy atom. The van der Waals surface area contributed by atoms with Gasteiger partial charge in [-0.15, -0.1) is 0 Å². The van der Waals surface area contributed by atoms with Gasteiger partial charge in [-0.05, 0) is 23.8 Å². The SMILES string of the molecule is CCC(C)C(NC(=O)C(Cc1ccccc1)NC(=O)CN)C(=O)NC(CC(C)C)C(=O)O. The van der Waals surface area contributed by atoms with E-state index in [2.05, 4.69) is 16.0 Å². The molecule has 0 aliphatic carbocycles. The molecule has 9 nitrogen and oxygen atoms in total. The second-order valence-electron chi connectivity index (χ2n) is 8.41. The average molecular weight is 449 g/mol. The molecule has 3 amide bonds. The normalized spacial score (nSPS) is 14.7. The highest BCUT2D eigenvalue weighted by atomic mass is 16.4. The Balaban J connectivity index is 3.04. The van der Waals surface area contributed by atoms with Gasteiger partial charge in [-0.3, -0.25) is 14.4 Å². The van der Waals surface area contributed by atoms with E-state index in [9.17, 15) is 24.3 Å². The maximum atomic E-state index is 13.1. The van der Waals surface area contributed by atoms with Crippen LogP contribution in [0.25, 0.3) is 0 Å². The van der Waals surface area contributed by atoms with Gasteiger partial charge in [0, 0.05) is 6.42 Å². The zero-order chi connectivity index (χ0) is 24.3. The first-order valence-electron chi connectivity index (χ1n) is 11.0. The fraction of sp³-hybridized carbons (Fsp3) is 0.565. The molecule has 0 fully saturated rings. The topological polar surface area (TPSA) is 151 Å². The smallest absolute Gasteiger partial charge is 0.326 e. The number of amides is 3. The lowest BCUT2D eigenvalue weighted by atomic mass is 9.96. The van der Waals surface area contributed by atoms with Crippen LogP contribution in [0, 0.1) is 11.8 Å². The Hall–Kier alpha value is -2.94. The van der Waals surface area contributed by atoms with Crippen LogP contribution in [0.3, 0.4) is 0 Å². The summed E-state index contributed by atoms with van der Waals surface area (Å²) in [5.41, 5.74) is 6.22. The summed E-state index contributed by atoms with van der Waals surface area (Å²) >= 11 is 0. The van der Waals surface area contributed by atoms with Crippen LogP contribution < -0.4 is 21.7 Å². The van der Waals surface area contributed by atoms with Crippen molar-refractivity contribution in [2.45, 2.75) is 65.1 Å². The highest BCUT2D eigenvalue weighted by molar-refractivity contribution is 5.93. The van der Waals surface area contributed by atoms with Gasteiger partial charge in [0.2, 0.25) is 17.7 Å². The summed E-state index contributed by atoms with van der Waals surface area (Å²) < 4.78 is 0. The quantitative estimate of drug-likeness (QED) is 0.301. The molecule has 0 spiro atoms. The molecule has 0 saturated heterocycles. The van der Waals surface area contributed by atoms with E-state index in [4.69, 9.17) is 5.73 Å². The van der Waals surface area contributed by atoms with Crippen molar-refractivity contribution in [2.24, 2.45) is 17.6 Å². The lowest BCUT2D eigenvalue weighted by molar-refractivity contribution is -0.143. The highest BCUT2D eigenvalue weighted by Crippen LogP contribution is 2.12. The molecule has 0 aliphatic heterocycles. The Labute approximate surface area is 189 Å². The fourth-order valence-electron chi connectivity index (χ4n) is 3.22. The van der Waals surface area contributed by atoms with Crippen LogP contribution in [0.5, 0.6) is 0 Å². The largest absolute Gasteiger partial charge is 0.480 e. The number of aliphatic carboxylic acids is 1. The Bertz CT molecular complexity index is 769. The standard InChI is InChI=1S/C23H36N4O5/c1-5-15(4)20(22(30)26-18(23(31)32)11-14(2)3)27-21(29)17(25-19(28)13-24)12-16-9-7-6-8-10-16/h6-10,14-15,17-18,20H,5,11-13,24H2,1-4H3,(H,25,28)(H,26,30)(H,27,29)(H,31,32). The van der Waals surface area contributed by atoms with E-state index >= 15 is 0 Å². The summed E-state index contributed by atoms with van der Waals surface area (Å²) in [4.78, 5) is 49.5. The third kappa shape index (κ3) is 9.05. The monoisotopic (exact) mass is 448 g/mol. The number of carbonyl (C=O) groups excluding carboxylic acids is 3. The third-order valence-corrected chi connectivity index (χ3v) is 5.23. The van der Waals surface area contributed by atoms with Crippen molar-refractivity contribution in [1.29, 1.82) is 0 Å². The van der Waals surface area contributed by atoms with E-state index in [-0.39, 0.29) is 31.2 Å². The van der Waals surface area contributed by atoms with Crippen LogP contribution in [0.15, 0.2) is 30.3 Å². The number of hydrogen-bond donors (Lipinski definition) is 5. The molecule has 1 aromatic rings. The first kappa shape index (κ1) is 27.1. The molecule has 0 saturated carbocycles. The van der Waals surface area contributed by atoms with Crippen molar-refractivity contribution in [2.75, 3.05) is 6.54 Å². The van der Waals surface area contributed by atoms with Crippen molar-refractivity contribution in [1.82, 2.24) is 16.0 Å². The van der Waals surface area contributed by atoms with Crippen molar-refractivity contribution in [3.8, 4) is 0 Å². The predicted octanol–water partition coefficient (Wildman–Crippen LogP) is 0.819. The molecule has 1 aromatic carbocycles. The second kappa shape index (κ2) is 13.5. The molecule has 0 bridgehead atoms. The molecule has 4 unspecified atom stereocenters. The summed E-state index contributed by atoms with van der Waals surface area (Å²) in [5, 5.41) is 17.3. The molecule has 0 heterocycles. The number of carbonyl (C=O) groups is 4. The average Bonchev–Trinajstić information content (AvgIpc) is 2.75. The number of benzene rings is 1. The summed E-state index contributed by atoms with van der Waals surface area (Å²) in [7, 11) is 0. The molecule has 0 aromatic heterocycles. The first-order valence-corrected chi connectivity index (χ1v) is 11.0. The number of carboxylic acids is 1. The highest BCUT2D eigenvalue weighted by Gasteiger charge is 2.32. The molecule has 9 heteroatoms. The molecule has 0 aliphatic rings. The molecule has 0 radical (unpaired) electrons. The predicted molar refractivity (Wildman–Crippen MR) is 122 cm³/mol. The lowest BCUT2D eigenvalue weighted by Gasteiger charge is -2.28. The van der Waals surface area contributed by atoms with E-state index in [0.29, 0.717) is 6.42 Å². The fourth-order valence-corrected chi connectivity index (χ4v) is 3.22. The van der Waals surface area contributed by atoms with E-state index in [1.807, 2.05) is 51.1 Å². The zero-order valence-electron chi connectivity index (χ0n) is 19.3. The van der Waals surface area contributed by atoms with E-state index < -0.39 is 41.8 Å². The number of nitrogens with one attached hydrogen (secondary N) is 3. The van der Waals surface area contributed by atoms with Crippen molar-refractivity contribution < 1.29 is 24.3 Å². The van der Waals surface area contributed by atoms with Gasteiger partial charge in [0.15, 0.2) is 0 Å². The molecule has 178 valence electrons. The van der Waals surface area contributed by atoms with Crippen LogP contribution in [-0.2, 0) is 25.6 Å². The van der Waals surface area contributed by atoms with Gasteiger partial charge < -0.3 is 26.8 Å². The van der Waals surface area contributed by atoms with Crippen LogP contribution >= 0.6 is 0 Å². The van der Waals surface area contributed by atoms with Crippen LogP contribution in [0.1, 0.15) is 46.1 Å². The van der Waals surface area contributed by atoms with Gasteiger partial charge in [-0.2, -0.15) is 0 Å². The minimum atomic E-state index is -1.13. The third-order valence-electron chi connectivity index (χ3n) is 5.23. The summed E-state index contributed by atoms with van der Waals surface area (Å²) in [6, 6.07) is 6.22. The van der Waals surface area contributed by atoms with Gasteiger partial charge in [-0.25, -0.2) is 4.79 Å². The molecular weight excluding hydrogens is 412 g/mol. The van der Waals surface area contributed by atoms with E-state index in [1.54, 1.807) is 6.92 Å². The van der Waals surface area contributed by atoms with Gasteiger partial charge in [0.05, 0.1) is 6.54 Å². The number of nitrogens with two attached hydrogens (primary N) is 1. The van der Waals surface area contributed by atoms with Crippen molar-refractivity contribution >= 4 is 23.7 Å². The van der Waals surface area contributed by atoms with Crippen LogP contribution in [-0.4, -0.2) is 53.5 Å². The Kier molecular flexibility index (Phi) is 11.4. The minimum Gasteiger partial charge on any atom is -0.480 e. The number of rotatable bonds is 13. The van der Waals surface area contributed by atoms with Crippen LogP contribution in [0.4, 0.5) is 0 Å². The van der Waals surface area contributed by atoms with Crippen molar-refractivity contribution in [3.05, 3.63) is 35.9 Å². The molecule has 32 heavy (non-hydrogen) atoms. The van der Waals surface area contributed by atoms with Gasteiger partial charge >= 0.3 is 5.97 Å². The molecular formula is C23H36N4O5. The Morgan fingerprint density at radius 3 is 2.06 bits per heavy atom. The van der Waals surface area contributed by atoms with Gasteiger partial charge in [0.1, 0.15) is 18.1 Å². The second-order valence-corrected chi connectivity index (χ2v) is 8.41. The lowest BCUT2D eigenvalue weighted by Crippen LogP contribution is -2.58. The Morgan fingerprint density at radius 2 is 1.56 bits per heavy atom. The van der Waals surface area contributed by atoms with Gasteiger partial charge in [-0.1, -0.05) is 64.4 Å². The summed E-state index contributed by atoms with van der Waals surface area (Å²) in [5.74, 6) is -2.91.